The van der Waals surface area contributed by atoms with Crippen molar-refractivity contribution in [3.63, 3.8) is 0 Å². The van der Waals surface area contributed by atoms with Crippen LogP contribution in [0.2, 0.25) is 0 Å². The molecule has 0 saturated heterocycles. The number of hydrogen-bond donors (Lipinski definition) is 1. The largest absolute Gasteiger partial charge is 0.573 e. The number of phenols is 1. The first kappa shape index (κ1) is 22.3. The third-order valence-corrected chi connectivity index (χ3v) is 5.52. The number of methoxy groups -OCH3 is 2. The van der Waals surface area contributed by atoms with Crippen molar-refractivity contribution in [2.45, 2.75) is 6.36 Å². The molecule has 4 rings (SSSR count). The van der Waals surface area contributed by atoms with Crippen LogP contribution < -0.4 is 14.2 Å². The van der Waals surface area contributed by atoms with Gasteiger partial charge < -0.3 is 19.3 Å². The lowest BCUT2D eigenvalue weighted by atomic mass is 10.2. The Balaban J connectivity index is 1.65. The minimum Gasteiger partial charge on any atom is -0.508 e. The lowest BCUT2D eigenvalue weighted by molar-refractivity contribution is -0.274. The monoisotopic (exact) mass is 475 g/mol. The Bertz CT molecular complexity index is 1340. The van der Waals surface area contributed by atoms with Crippen molar-refractivity contribution in [1.29, 1.82) is 0 Å². The van der Waals surface area contributed by atoms with E-state index in [9.17, 15) is 18.3 Å². The number of thiazole rings is 1. The zero-order valence-corrected chi connectivity index (χ0v) is 18.1. The van der Waals surface area contributed by atoms with Crippen molar-refractivity contribution in [2.24, 2.45) is 10.2 Å². The van der Waals surface area contributed by atoms with Gasteiger partial charge in [-0.2, -0.15) is 0 Å². The molecule has 0 atom stereocenters. The van der Waals surface area contributed by atoms with Gasteiger partial charge in [0, 0.05) is 11.6 Å². The summed E-state index contributed by atoms with van der Waals surface area (Å²) in [7, 11) is 3.04. The number of azo groups is 1. The standard InChI is InChI=1S/C22H16F3N3O4S/c1-30-14-5-8-17-20(11-14)33-21(26-17)12-3-6-15(18(9-12)31-2)27-28-16-7-4-13(29)10-19(16)32-22(23,24)25/h3-11,29H,1-2H3. The van der Waals surface area contributed by atoms with Gasteiger partial charge in [-0.1, -0.05) is 0 Å². The summed E-state index contributed by atoms with van der Waals surface area (Å²) >= 11 is 1.48. The van der Waals surface area contributed by atoms with Gasteiger partial charge in [0.1, 0.15) is 33.6 Å². The quantitative estimate of drug-likeness (QED) is 0.304. The highest BCUT2D eigenvalue weighted by atomic mass is 32.1. The first-order chi connectivity index (χ1) is 15.8. The predicted molar refractivity (Wildman–Crippen MR) is 117 cm³/mol. The molecule has 0 unspecified atom stereocenters. The van der Waals surface area contributed by atoms with Gasteiger partial charge in [-0.25, -0.2) is 4.98 Å². The molecule has 1 heterocycles. The highest BCUT2D eigenvalue weighted by Gasteiger charge is 2.32. The van der Waals surface area contributed by atoms with E-state index in [0.29, 0.717) is 5.75 Å². The molecular formula is C22H16F3N3O4S. The van der Waals surface area contributed by atoms with Gasteiger partial charge in [-0.15, -0.1) is 34.7 Å². The molecule has 0 fully saturated rings. The second kappa shape index (κ2) is 8.94. The predicted octanol–water partition coefficient (Wildman–Crippen LogP) is 7.00. The van der Waals surface area contributed by atoms with Crippen molar-refractivity contribution in [2.75, 3.05) is 14.2 Å². The van der Waals surface area contributed by atoms with E-state index in [1.165, 1.54) is 24.5 Å². The van der Waals surface area contributed by atoms with Crippen LogP contribution in [0.15, 0.2) is 64.8 Å². The Labute approximate surface area is 189 Å². The Kier molecular flexibility index (Phi) is 6.05. The van der Waals surface area contributed by atoms with Gasteiger partial charge in [-0.3, -0.25) is 0 Å². The van der Waals surface area contributed by atoms with Gasteiger partial charge in [-0.05, 0) is 48.5 Å². The maximum Gasteiger partial charge on any atom is 0.573 e. The van der Waals surface area contributed by atoms with Crippen molar-refractivity contribution in [3.05, 3.63) is 54.6 Å². The van der Waals surface area contributed by atoms with E-state index in [2.05, 4.69) is 19.9 Å². The van der Waals surface area contributed by atoms with E-state index in [-0.39, 0.29) is 11.4 Å². The molecule has 11 heteroatoms. The van der Waals surface area contributed by atoms with E-state index >= 15 is 0 Å². The van der Waals surface area contributed by atoms with E-state index in [1.54, 1.807) is 25.3 Å². The molecule has 4 aromatic rings. The SMILES string of the molecule is COc1ccc2nc(-c3ccc(N=Nc4ccc(O)cc4OC(F)(F)F)c(OC)c3)sc2c1. The van der Waals surface area contributed by atoms with Crippen molar-refractivity contribution >= 4 is 32.9 Å². The molecule has 0 aliphatic carbocycles. The smallest absolute Gasteiger partial charge is 0.508 e. The number of nitrogens with zero attached hydrogens (tertiary/aromatic N) is 3. The summed E-state index contributed by atoms with van der Waals surface area (Å²) in [6.45, 7) is 0. The first-order valence-corrected chi connectivity index (χ1v) is 10.2. The molecule has 0 aliphatic heterocycles. The maximum atomic E-state index is 12.7. The third kappa shape index (κ3) is 5.14. The lowest BCUT2D eigenvalue weighted by Gasteiger charge is -2.11. The average Bonchev–Trinajstić information content (AvgIpc) is 3.20. The summed E-state index contributed by atoms with van der Waals surface area (Å²) in [6, 6.07) is 13.8. The molecule has 0 radical (unpaired) electrons. The highest BCUT2D eigenvalue weighted by Crippen LogP contribution is 2.39. The van der Waals surface area contributed by atoms with Crippen LogP contribution in [0, 0.1) is 0 Å². The summed E-state index contributed by atoms with van der Waals surface area (Å²) in [5.74, 6) is 0.00891. The molecule has 0 bridgehead atoms. The minimum atomic E-state index is -4.95. The average molecular weight is 475 g/mol. The fraction of sp³-hybridized carbons (Fsp3) is 0.136. The third-order valence-electron chi connectivity index (χ3n) is 4.46. The molecule has 1 aromatic heterocycles. The van der Waals surface area contributed by atoms with Gasteiger partial charge in [0.05, 0.1) is 24.4 Å². The molecule has 33 heavy (non-hydrogen) atoms. The van der Waals surface area contributed by atoms with Crippen molar-refractivity contribution in [3.8, 4) is 33.6 Å². The Morgan fingerprint density at radius 1 is 0.879 bits per heavy atom. The molecule has 0 amide bonds. The molecule has 170 valence electrons. The second-order valence-corrected chi connectivity index (χ2v) is 7.67. The molecule has 0 spiro atoms. The van der Waals surface area contributed by atoms with Crippen molar-refractivity contribution < 1.29 is 32.5 Å². The Morgan fingerprint density at radius 3 is 2.30 bits per heavy atom. The summed E-state index contributed by atoms with van der Waals surface area (Å²) in [5.41, 5.74) is 1.67. The highest BCUT2D eigenvalue weighted by molar-refractivity contribution is 7.21. The molecule has 0 aliphatic rings. The molecular weight excluding hydrogens is 459 g/mol. The van der Waals surface area contributed by atoms with E-state index in [1.807, 2.05) is 18.2 Å². The number of hydrogen-bond acceptors (Lipinski definition) is 8. The number of alkyl halides is 3. The van der Waals surface area contributed by atoms with Crippen molar-refractivity contribution in [1.82, 2.24) is 4.98 Å². The number of aromatic nitrogens is 1. The van der Waals surface area contributed by atoms with E-state index in [0.717, 1.165) is 38.7 Å². The van der Waals surface area contributed by atoms with Crippen LogP contribution >= 0.6 is 11.3 Å². The zero-order chi connectivity index (χ0) is 23.6. The van der Waals surface area contributed by atoms with Gasteiger partial charge in [0.15, 0.2) is 5.75 Å². The normalized spacial score (nSPS) is 11.8. The minimum absolute atomic E-state index is 0.212. The van der Waals surface area contributed by atoms with E-state index < -0.39 is 17.9 Å². The lowest BCUT2D eigenvalue weighted by Crippen LogP contribution is -2.17. The Hall–Kier alpha value is -3.86. The summed E-state index contributed by atoms with van der Waals surface area (Å²) < 4.78 is 53.5. The maximum absolute atomic E-state index is 12.7. The topological polar surface area (TPSA) is 85.5 Å². The first-order valence-electron chi connectivity index (χ1n) is 9.39. The van der Waals surface area contributed by atoms with E-state index in [4.69, 9.17) is 9.47 Å². The second-order valence-electron chi connectivity index (χ2n) is 6.64. The number of halogens is 3. The van der Waals surface area contributed by atoms with Gasteiger partial charge >= 0.3 is 6.36 Å². The summed E-state index contributed by atoms with van der Waals surface area (Å²) in [6.07, 6.45) is -4.95. The summed E-state index contributed by atoms with van der Waals surface area (Å²) in [5, 5.41) is 18.1. The summed E-state index contributed by atoms with van der Waals surface area (Å²) in [4.78, 5) is 4.62. The number of ether oxygens (including phenoxy) is 3. The number of fused-ring (bicyclic) bond motifs is 1. The zero-order valence-electron chi connectivity index (χ0n) is 17.3. The van der Waals surface area contributed by atoms with Crippen LogP contribution in [0.4, 0.5) is 24.5 Å². The number of aromatic hydroxyl groups is 1. The van der Waals surface area contributed by atoms with Crippen LogP contribution in [0.5, 0.6) is 23.0 Å². The molecule has 3 aromatic carbocycles. The number of benzene rings is 3. The fourth-order valence-electron chi connectivity index (χ4n) is 2.95. The van der Waals surface area contributed by atoms with Crippen LogP contribution in [0.3, 0.4) is 0 Å². The van der Waals surface area contributed by atoms with Gasteiger partial charge in [0.2, 0.25) is 0 Å². The van der Waals surface area contributed by atoms with Crippen LogP contribution in [-0.2, 0) is 0 Å². The van der Waals surface area contributed by atoms with Crippen LogP contribution in [0.1, 0.15) is 0 Å². The van der Waals surface area contributed by atoms with Crippen LogP contribution in [-0.4, -0.2) is 30.7 Å². The molecule has 7 nitrogen and oxygen atoms in total. The number of phenolic OH excluding ortho intramolecular Hbond substituents is 1. The van der Waals surface area contributed by atoms with Gasteiger partial charge in [0.25, 0.3) is 0 Å². The molecule has 0 saturated carbocycles. The molecule has 1 N–H and O–H groups in total. The Morgan fingerprint density at radius 2 is 1.61 bits per heavy atom. The van der Waals surface area contributed by atoms with Crippen LogP contribution in [0.25, 0.3) is 20.8 Å². The number of rotatable bonds is 6. The fourth-order valence-corrected chi connectivity index (χ4v) is 3.94.